The molecule has 3 aliphatic rings. The van der Waals surface area contributed by atoms with Crippen molar-refractivity contribution in [3.63, 3.8) is 0 Å². The predicted octanol–water partition coefficient (Wildman–Crippen LogP) is 3.94. The van der Waals surface area contributed by atoms with Crippen molar-refractivity contribution < 1.29 is 9.59 Å². The molecular formula is C17H17ClINO2. The second-order valence-electron chi connectivity index (χ2n) is 5.90. The number of carbonyl (C=O) groups excluding carboxylic acids is 2. The number of hydrogen-bond acceptors (Lipinski definition) is 2. The second kappa shape index (κ2) is 6.71. The smallest absolute Gasteiger partial charge is 0.253 e. The molecule has 3 nitrogen and oxygen atoms in total. The molecule has 1 heterocycles. The fourth-order valence-corrected chi connectivity index (χ4v) is 3.91. The topological polar surface area (TPSA) is 46.2 Å². The number of Topliss-reactive ketones (excluding diaryl/α,β-unsaturated/α-hetero) is 1. The lowest BCUT2D eigenvalue weighted by atomic mass is 9.89. The quantitative estimate of drug-likeness (QED) is 0.676. The van der Waals surface area contributed by atoms with E-state index in [9.17, 15) is 9.59 Å². The van der Waals surface area contributed by atoms with E-state index < -0.39 is 6.04 Å². The molecule has 1 amide bonds. The molecule has 0 saturated carbocycles. The van der Waals surface area contributed by atoms with Crippen LogP contribution in [-0.2, 0) is 9.59 Å². The van der Waals surface area contributed by atoms with Crippen molar-refractivity contribution in [2.24, 2.45) is 5.92 Å². The van der Waals surface area contributed by atoms with Gasteiger partial charge >= 0.3 is 0 Å². The Morgan fingerprint density at radius 3 is 2.86 bits per heavy atom. The Morgan fingerprint density at radius 1 is 1.32 bits per heavy atom. The SMILES string of the molecule is O=C1N[C@H](CC2C=CC(I)=CC2)C(=O)CC2=CCCC(Cl)=C12. The second-order valence-corrected chi connectivity index (χ2v) is 7.60. The van der Waals surface area contributed by atoms with Gasteiger partial charge in [-0.25, -0.2) is 0 Å². The maximum absolute atomic E-state index is 12.5. The third-order valence-electron chi connectivity index (χ3n) is 4.31. The van der Waals surface area contributed by atoms with E-state index in [2.05, 4.69) is 46.1 Å². The van der Waals surface area contributed by atoms with E-state index in [1.165, 1.54) is 3.58 Å². The van der Waals surface area contributed by atoms with Crippen LogP contribution in [0.5, 0.6) is 0 Å². The highest BCUT2D eigenvalue weighted by atomic mass is 127. The largest absolute Gasteiger partial charge is 0.342 e. The number of hydrogen-bond donors (Lipinski definition) is 1. The first-order valence-corrected chi connectivity index (χ1v) is 8.95. The molecule has 0 aromatic heterocycles. The molecular weight excluding hydrogens is 413 g/mol. The van der Waals surface area contributed by atoms with Gasteiger partial charge in [-0.15, -0.1) is 0 Å². The van der Waals surface area contributed by atoms with Crippen LogP contribution in [-0.4, -0.2) is 17.7 Å². The highest BCUT2D eigenvalue weighted by Crippen LogP contribution is 2.33. The molecule has 0 aromatic rings. The number of rotatable bonds is 2. The number of ketones is 1. The van der Waals surface area contributed by atoms with E-state index in [1.54, 1.807) is 0 Å². The van der Waals surface area contributed by atoms with Crippen molar-refractivity contribution in [3.05, 3.63) is 44.1 Å². The minimum Gasteiger partial charge on any atom is -0.342 e. The molecule has 1 N–H and O–H groups in total. The van der Waals surface area contributed by atoms with Crippen molar-refractivity contribution in [2.45, 2.75) is 38.1 Å². The van der Waals surface area contributed by atoms with Crippen molar-refractivity contribution in [2.75, 3.05) is 0 Å². The zero-order valence-electron chi connectivity index (χ0n) is 12.1. The number of amides is 1. The molecule has 0 aromatic carbocycles. The number of carbonyl (C=O) groups is 2. The van der Waals surface area contributed by atoms with Gasteiger partial charge in [-0.2, -0.15) is 0 Å². The number of allylic oxidation sites excluding steroid dienone is 6. The van der Waals surface area contributed by atoms with E-state index in [0.29, 0.717) is 35.8 Å². The summed E-state index contributed by atoms with van der Waals surface area (Å²) in [6, 6.07) is -0.422. The molecule has 0 radical (unpaired) electrons. The lowest BCUT2D eigenvalue weighted by Gasteiger charge is -2.21. The van der Waals surface area contributed by atoms with Crippen LogP contribution in [0.2, 0.25) is 0 Å². The summed E-state index contributed by atoms with van der Waals surface area (Å²) in [5, 5.41) is 3.47. The highest BCUT2D eigenvalue weighted by molar-refractivity contribution is 14.1. The van der Waals surface area contributed by atoms with Crippen LogP contribution in [0.1, 0.15) is 32.1 Å². The lowest BCUT2D eigenvalue weighted by molar-refractivity contribution is -0.124. The van der Waals surface area contributed by atoms with E-state index in [-0.39, 0.29) is 11.7 Å². The van der Waals surface area contributed by atoms with Gasteiger partial charge < -0.3 is 5.32 Å². The average Bonchev–Trinajstić information content (AvgIpc) is 2.59. The normalized spacial score (nSPS) is 28.6. The van der Waals surface area contributed by atoms with Gasteiger partial charge in [0.2, 0.25) is 0 Å². The summed E-state index contributed by atoms with van der Waals surface area (Å²) in [5.41, 5.74) is 1.33. The van der Waals surface area contributed by atoms with E-state index in [1.807, 2.05) is 6.08 Å². The fourth-order valence-electron chi connectivity index (χ4n) is 3.13. The Morgan fingerprint density at radius 2 is 2.14 bits per heavy atom. The van der Waals surface area contributed by atoms with Gasteiger partial charge in [-0.05, 0) is 59.8 Å². The summed E-state index contributed by atoms with van der Waals surface area (Å²) in [7, 11) is 0. The molecule has 1 aliphatic heterocycles. The van der Waals surface area contributed by atoms with Crippen molar-refractivity contribution >= 4 is 45.9 Å². The van der Waals surface area contributed by atoms with Gasteiger partial charge in [-0.1, -0.05) is 35.9 Å². The number of nitrogens with one attached hydrogen (secondary N) is 1. The molecule has 0 spiro atoms. The van der Waals surface area contributed by atoms with Gasteiger partial charge in [0.1, 0.15) is 0 Å². The van der Waals surface area contributed by atoms with E-state index in [0.717, 1.165) is 18.4 Å². The molecule has 2 aliphatic carbocycles. The van der Waals surface area contributed by atoms with E-state index in [4.69, 9.17) is 11.6 Å². The predicted molar refractivity (Wildman–Crippen MR) is 95.7 cm³/mol. The first-order chi connectivity index (χ1) is 10.5. The summed E-state index contributed by atoms with van der Waals surface area (Å²) < 4.78 is 1.22. The molecule has 1 unspecified atom stereocenters. The van der Waals surface area contributed by atoms with Gasteiger partial charge in [0, 0.05) is 15.0 Å². The standard InChI is InChI=1S/C17H17ClINO2/c18-13-3-1-2-11-9-15(21)14(20-17(22)16(11)13)8-10-4-6-12(19)7-5-10/h2,4,6-7,10,14H,1,3,5,8-9H2,(H,20,22)/t10?,14-/m1/s1. The Bertz CT molecular complexity index is 645. The maximum Gasteiger partial charge on any atom is 0.253 e. The average molecular weight is 430 g/mol. The molecule has 5 heteroatoms. The zero-order valence-corrected chi connectivity index (χ0v) is 15.0. The van der Waals surface area contributed by atoms with Crippen molar-refractivity contribution in [1.29, 1.82) is 0 Å². The number of fused-ring (bicyclic) bond motifs is 1. The summed E-state index contributed by atoms with van der Waals surface area (Å²) in [6.07, 6.45) is 11.7. The van der Waals surface area contributed by atoms with Crippen LogP contribution in [0.4, 0.5) is 0 Å². The van der Waals surface area contributed by atoms with Crippen LogP contribution >= 0.6 is 34.2 Å². The molecule has 0 bridgehead atoms. The third kappa shape index (κ3) is 3.38. The van der Waals surface area contributed by atoms with Crippen LogP contribution in [0.3, 0.4) is 0 Å². The summed E-state index contributed by atoms with van der Waals surface area (Å²) in [6.45, 7) is 0. The minimum absolute atomic E-state index is 0.0821. The molecule has 3 rings (SSSR count). The Hall–Kier alpha value is -0.880. The van der Waals surface area contributed by atoms with E-state index >= 15 is 0 Å². The van der Waals surface area contributed by atoms with Crippen LogP contribution < -0.4 is 5.32 Å². The molecule has 1 saturated heterocycles. The summed E-state index contributed by atoms with van der Waals surface area (Å²) in [5.74, 6) is 0.182. The van der Waals surface area contributed by atoms with Crippen molar-refractivity contribution in [3.8, 4) is 0 Å². The minimum atomic E-state index is -0.422. The Labute approximate surface area is 148 Å². The molecule has 2 atom stereocenters. The molecule has 1 fully saturated rings. The van der Waals surface area contributed by atoms with Crippen LogP contribution in [0.25, 0.3) is 0 Å². The van der Waals surface area contributed by atoms with Gasteiger partial charge in [-0.3, -0.25) is 9.59 Å². The van der Waals surface area contributed by atoms with Crippen LogP contribution in [0, 0.1) is 5.92 Å². The van der Waals surface area contributed by atoms with Gasteiger partial charge in [0.25, 0.3) is 5.91 Å². The molecule has 22 heavy (non-hydrogen) atoms. The molecule has 116 valence electrons. The maximum atomic E-state index is 12.5. The summed E-state index contributed by atoms with van der Waals surface area (Å²) >= 11 is 8.49. The monoisotopic (exact) mass is 429 g/mol. The van der Waals surface area contributed by atoms with Gasteiger partial charge in [0.15, 0.2) is 5.78 Å². The van der Waals surface area contributed by atoms with Crippen molar-refractivity contribution in [1.82, 2.24) is 5.32 Å². The first-order valence-electron chi connectivity index (χ1n) is 7.50. The fraction of sp³-hybridized carbons (Fsp3) is 0.412. The lowest BCUT2D eigenvalue weighted by Crippen LogP contribution is -2.40. The van der Waals surface area contributed by atoms with Gasteiger partial charge in [0.05, 0.1) is 11.6 Å². The third-order valence-corrected chi connectivity index (χ3v) is 5.49. The number of halogens is 2. The zero-order chi connectivity index (χ0) is 15.7. The van der Waals surface area contributed by atoms with Crippen LogP contribution in [0.15, 0.2) is 44.1 Å². The Kier molecular flexibility index (Phi) is 4.88. The highest BCUT2D eigenvalue weighted by Gasteiger charge is 2.33. The first kappa shape index (κ1) is 16.0. The summed E-state index contributed by atoms with van der Waals surface area (Å²) in [4.78, 5) is 24.9. The Balaban J connectivity index is 1.77.